The third-order valence-corrected chi connectivity index (χ3v) is 6.05. The van der Waals surface area contributed by atoms with E-state index >= 15 is 0 Å². The van der Waals surface area contributed by atoms with Crippen LogP contribution in [0, 0.1) is 0 Å². The number of hydrogen-bond acceptors (Lipinski definition) is 4. The van der Waals surface area contributed by atoms with E-state index in [1.54, 1.807) is 11.3 Å². The Hall–Kier alpha value is -1.19. The van der Waals surface area contributed by atoms with Gasteiger partial charge >= 0.3 is 0 Å². The largest absolute Gasteiger partial charge is 0.357 e. The van der Waals surface area contributed by atoms with E-state index in [0.717, 1.165) is 55.7 Å². The number of nitrogens with one attached hydrogen (secondary N) is 2. The van der Waals surface area contributed by atoms with Gasteiger partial charge in [0.1, 0.15) is 5.01 Å². The van der Waals surface area contributed by atoms with Crippen molar-refractivity contribution in [2.75, 3.05) is 19.6 Å². The number of rotatable bonds is 6. The molecule has 0 unspecified atom stereocenters. The topological polar surface area (TPSA) is 52.6 Å². The van der Waals surface area contributed by atoms with Crippen LogP contribution in [0.4, 0.5) is 0 Å². The summed E-state index contributed by atoms with van der Waals surface area (Å²) < 4.78 is 0. The van der Waals surface area contributed by atoms with Crippen LogP contribution in [0.5, 0.6) is 0 Å². The molecule has 1 fully saturated rings. The number of piperidine rings is 1. The standard InChI is InChI=1S/C23H35N5S.HI/c1-5-24-22(25-15-21-27-20(17-29-21)23(2,3)4)26-19-11-13-28(14-12-19)16-18-9-7-6-8-10-18;/h6-10,17,19H,5,11-16H2,1-4H3,(H2,24,25,26);1H. The van der Waals surface area contributed by atoms with Gasteiger partial charge < -0.3 is 10.6 Å². The van der Waals surface area contributed by atoms with Crippen molar-refractivity contribution in [1.29, 1.82) is 0 Å². The van der Waals surface area contributed by atoms with Crippen molar-refractivity contribution in [2.24, 2.45) is 4.99 Å². The van der Waals surface area contributed by atoms with E-state index in [-0.39, 0.29) is 29.4 Å². The first-order valence-corrected chi connectivity index (χ1v) is 11.6. The minimum Gasteiger partial charge on any atom is -0.357 e. The number of likely N-dealkylation sites (tertiary alicyclic amines) is 1. The van der Waals surface area contributed by atoms with Crippen molar-refractivity contribution >= 4 is 41.3 Å². The fourth-order valence-corrected chi connectivity index (χ4v) is 4.41. The number of guanidine groups is 1. The Bertz CT molecular complexity index is 776. The van der Waals surface area contributed by atoms with Crippen molar-refractivity contribution in [3.8, 4) is 0 Å². The van der Waals surface area contributed by atoms with Gasteiger partial charge in [-0.3, -0.25) is 4.90 Å². The Kier molecular flexibility index (Phi) is 10.0. The number of thiazole rings is 1. The molecule has 30 heavy (non-hydrogen) atoms. The molecular weight excluding hydrogens is 505 g/mol. The van der Waals surface area contributed by atoms with Crippen LogP contribution >= 0.6 is 35.3 Å². The van der Waals surface area contributed by atoms with Crippen molar-refractivity contribution in [2.45, 2.75) is 65.1 Å². The first kappa shape index (κ1) is 25.1. The first-order chi connectivity index (χ1) is 13.9. The average Bonchev–Trinajstić information content (AvgIpc) is 3.18. The Labute approximate surface area is 202 Å². The van der Waals surface area contributed by atoms with Gasteiger partial charge in [0, 0.05) is 43.0 Å². The van der Waals surface area contributed by atoms with Gasteiger partial charge in [-0.1, -0.05) is 51.1 Å². The highest BCUT2D eigenvalue weighted by atomic mass is 127. The Balaban J connectivity index is 0.00000320. The van der Waals surface area contributed by atoms with Crippen LogP contribution in [0.1, 0.15) is 56.8 Å². The summed E-state index contributed by atoms with van der Waals surface area (Å²) >= 11 is 1.70. The van der Waals surface area contributed by atoms with Gasteiger partial charge in [0.15, 0.2) is 5.96 Å². The van der Waals surface area contributed by atoms with E-state index in [1.807, 2.05) is 0 Å². The number of halogens is 1. The zero-order valence-electron chi connectivity index (χ0n) is 18.6. The molecule has 0 amide bonds. The highest BCUT2D eigenvalue weighted by Crippen LogP contribution is 2.24. The third kappa shape index (κ3) is 7.81. The molecule has 1 saturated heterocycles. The van der Waals surface area contributed by atoms with Crippen LogP contribution in [-0.4, -0.2) is 41.5 Å². The number of nitrogens with zero attached hydrogens (tertiary/aromatic N) is 3. The first-order valence-electron chi connectivity index (χ1n) is 10.7. The third-order valence-electron chi connectivity index (χ3n) is 5.21. The lowest BCUT2D eigenvalue weighted by molar-refractivity contribution is 0.198. The normalized spacial score (nSPS) is 16.2. The van der Waals surface area contributed by atoms with Crippen LogP contribution in [0.3, 0.4) is 0 Å². The highest BCUT2D eigenvalue weighted by Gasteiger charge is 2.20. The molecule has 0 radical (unpaired) electrons. The molecule has 0 atom stereocenters. The molecule has 0 aliphatic carbocycles. The quantitative estimate of drug-likeness (QED) is 0.314. The number of hydrogen-bond donors (Lipinski definition) is 2. The summed E-state index contributed by atoms with van der Waals surface area (Å²) in [6, 6.07) is 11.2. The summed E-state index contributed by atoms with van der Waals surface area (Å²) in [4.78, 5) is 12.1. The molecule has 0 spiro atoms. The van der Waals surface area contributed by atoms with Gasteiger partial charge in [-0.2, -0.15) is 0 Å². The Morgan fingerprint density at radius 1 is 1.20 bits per heavy atom. The maximum absolute atomic E-state index is 4.79. The monoisotopic (exact) mass is 541 g/mol. The summed E-state index contributed by atoms with van der Waals surface area (Å²) in [6.45, 7) is 13.5. The predicted octanol–water partition coefficient (Wildman–Crippen LogP) is 4.78. The zero-order valence-corrected chi connectivity index (χ0v) is 21.8. The molecule has 2 N–H and O–H groups in total. The summed E-state index contributed by atoms with van der Waals surface area (Å²) in [7, 11) is 0. The molecule has 5 nitrogen and oxygen atoms in total. The van der Waals surface area contributed by atoms with E-state index in [4.69, 9.17) is 9.98 Å². The molecule has 1 aromatic heterocycles. The Morgan fingerprint density at radius 3 is 2.50 bits per heavy atom. The molecule has 166 valence electrons. The van der Waals surface area contributed by atoms with Crippen molar-refractivity contribution in [1.82, 2.24) is 20.5 Å². The molecular formula is C23H36IN5S. The second kappa shape index (κ2) is 12.0. The minimum absolute atomic E-state index is 0. The van der Waals surface area contributed by atoms with E-state index in [1.165, 1.54) is 5.56 Å². The molecule has 0 bridgehead atoms. The van der Waals surface area contributed by atoms with Crippen LogP contribution in [-0.2, 0) is 18.5 Å². The fraction of sp³-hybridized carbons (Fsp3) is 0.565. The van der Waals surface area contributed by atoms with Crippen LogP contribution in [0.2, 0.25) is 0 Å². The van der Waals surface area contributed by atoms with E-state index in [9.17, 15) is 0 Å². The van der Waals surface area contributed by atoms with Gasteiger partial charge in [0.25, 0.3) is 0 Å². The molecule has 2 heterocycles. The average molecular weight is 542 g/mol. The number of aromatic nitrogens is 1. The second-order valence-corrected chi connectivity index (χ2v) is 9.69. The van der Waals surface area contributed by atoms with Crippen molar-refractivity contribution in [3.05, 3.63) is 52.0 Å². The van der Waals surface area contributed by atoms with Crippen LogP contribution in [0.15, 0.2) is 40.7 Å². The van der Waals surface area contributed by atoms with E-state index in [0.29, 0.717) is 12.6 Å². The lowest BCUT2D eigenvalue weighted by atomic mass is 9.93. The fourth-order valence-electron chi connectivity index (χ4n) is 3.47. The van der Waals surface area contributed by atoms with Crippen LogP contribution < -0.4 is 10.6 Å². The van der Waals surface area contributed by atoms with Crippen molar-refractivity contribution in [3.63, 3.8) is 0 Å². The maximum Gasteiger partial charge on any atom is 0.191 e. The van der Waals surface area contributed by atoms with Gasteiger partial charge in [-0.25, -0.2) is 9.98 Å². The summed E-state index contributed by atoms with van der Waals surface area (Å²) in [6.07, 6.45) is 2.28. The van der Waals surface area contributed by atoms with Gasteiger partial charge in [-0.05, 0) is 25.3 Å². The van der Waals surface area contributed by atoms with Crippen molar-refractivity contribution < 1.29 is 0 Å². The molecule has 1 aliphatic heterocycles. The van der Waals surface area contributed by atoms with Gasteiger partial charge in [0.2, 0.25) is 0 Å². The highest BCUT2D eigenvalue weighted by molar-refractivity contribution is 14.0. The molecule has 7 heteroatoms. The van der Waals surface area contributed by atoms with Crippen LogP contribution in [0.25, 0.3) is 0 Å². The summed E-state index contributed by atoms with van der Waals surface area (Å²) in [5.74, 6) is 0.904. The zero-order chi connectivity index (χ0) is 20.7. The number of aliphatic imine (C=N–C) groups is 1. The SMILES string of the molecule is CCNC(=NCc1nc(C(C)(C)C)cs1)NC1CCN(Cc2ccccc2)CC1.I. The molecule has 3 rings (SSSR count). The smallest absolute Gasteiger partial charge is 0.191 e. The van der Waals surface area contributed by atoms with Gasteiger partial charge in [0.05, 0.1) is 12.2 Å². The maximum atomic E-state index is 4.79. The molecule has 1 aromatic carbocycles. The predicted molar refractivity (Wildman–Crippen MR) is 139 cm³/mol. The second-order valence-electron chi connectivity index (χ2n) is 8.75. The molecule has 1 aliphatic rings. The van der Waals surface area contributed by atoms with E-state index in [2.05, 4.69) is 78.9 Å². The summed E-state index contributed by atoms with van der Waals surface area (Å²) in [5.41, 5.74) is 2.64. The van der Waals surface area contributed by atoms with Gasteiger partial charge in [-0.15, -0.1) is 35.3 Å². The van der Waals surface area contributed by atoms with E-state index < -0.39 is 0 Å². The lowest BCUT2D eigenvalue weighted by Crippen LogP contribution is -2.48. The summed E-state index contributed by atoms with van der Waals surface area (Å²) in [5, 5.41) is 10.3. The Morgan fingerprint density at radius 2 is 1.90 bits per heavy atom. The molecule has 0 saturated carbocycles. The number of benzene rings is 1. The molecule has 2 aromatic rings. The minimum atomic E-state index is 0. The lowest BCUT2D eigenvalue weighted by Gasteiger charge is -2.33.